The van der Waals surface area contributed by atoms with Crippen molar-refractivity contribution in [2.45, 2.75) is 45.3 Å². The van der Waals surface area contributed by atoms with Crippen molar-refractivity contribution in [3.63, 3.8) is 0 Å². The molecule has 2 aromatic carbocycles. The van der Waals surface area contributed by atoms with Gasteiger partial charge in [0.25, 0.3) is 5.91 Å². The number of rotatable bonds is 6. The summed E-state index contributed by atoms with van der Waals surface area (Å²) in [5.41, 5.74) is -0.257. The summed E-state index contributed by atoms with van der Waals surface area (Å²) in [6.45, 7) is 3.74. The van der Waals surface area contributed by atoms with Crippen molar-refractivity contribution < 1.29 is 31.1 Å². The lowest BCUT2D eigenvalue weighted by atomic mass is 10.0. The van der Waals surface area contributed by atoms with E-state index in [0.29, 0.717) is 22.5 Å². The van der Waals surface area contributed by atoms with Crippen LogP contribution < -0.4 is 10.2 Å². The van der Waals surface area contributed by atoms with Gasteiger partial charge in [-0.1, -0.05) is 30.3 Å². The van der Waals surface area contributed by atoms with Gasteiger partial charge in [-0.25, -0.2) is 4.68 Å². The highest BCUT2D eigenvalue weighted by atomic mass is 19.4. The van der Waals surface area contributed by atoms with Crippen LogP contribution in [0.4, 0.5) is 32.2 Å². The number of carbonyl (C=O) groups excluding carboxylic acids is 1. The Hall–Kier alpha value is -4.43. The van der Waals surface area contributed by atoms with E-state index in [1.54, 1.807) is 32.0 Å². The fraction of sp³-hybridized carbons (Fsp3) is 0.320. The number of aryl methyl sites for hydroxylation is 1. The molecule has 9 nitrogen and oxygen atoms in total. The van der Waals surface area contributed by atoms with Gasteiger partial charge >= 0.3 is 12.4 Å². The number of alkyl halides is 6. The van der Waals surface area contributed by atoms with Gasteiger partial charge in [0.1, 0.15) is 11.4 Å². The van der Waals surface area contributed by atoms with E-state index in [2.05, 4.69) is 31.0 Å². The Kier molecular flexibility index (Phi) is 6.75. The molecule has 0 aliphatic carbocycles. The van der Waals surface area contributed by atoms with Gasteiger partial charge in [0.05, 0.1) is 18.2 Å². The molecule has 0 radical (unpaired) electrons. The summed E-state index contributed by atoms with van der Waals surface area (Å²) >= 11 is 0. The van der Waals surface area contributed by atoms with E-state index in [9.17, 15) is 31.1 Å². The molecule has 3 heterocycles. The van der Waals surface area contributed by atoms with Gasteiger partial charge in [-0.05, 0) is 47.9 Å². The van der Waals surface area contributed by atoms with Gasteiger partial charge < -0.3 is 10.2 Å². The van der Waals surface area contributed by atoms with Crippen LogP contribution >= 0.6 is 0 Å². The van der Waals surface area contributed by atoms with Gasteiger partial charge in [0.2, 0.25) is 5.82 Å². The minimum atomic E-state index is -4.91. The minimum Gasteiger partial charge on any atom is -0.350 e. The molecule has 0 saturated heterocycles. The molecule has 4 aromatic rings. The van der Waals surface area contributed by atoms with Crippen molar-refractivity contribution in [2.24, 2.45) is 0 Å². The normalized spacial score (nSPS) is 14.3. The second kappa shape index (κ2) is 9.95. The number of amides is 1. The molecule has 1 atom stereocenters. The number of nitrogens with zero attached hydrogens (tertiary/aromatic N) is 6. The number of fused-ring (bicyclic) bond motifs is 1. The Morgan fingerprint density at radius 3 is 2.38 bits per heavy atom. The molecular formula is C25H22F6N8O. The van der Waals surface area contributed by atoms with Crippen molar-refractivity contribution in [2.75, 3.05) is 11.4 Å². The molecule has 1 unspecified atom stereocenters. The predicted molar refractivity (Wildman–Crippen MR) is 130 cm³/mol. The summed E-state index contributed by atoms with van der Waals surface area (Å²) in [5.74, 6) is -0.639. The zero-order valence-electron chi connectivity index (χ0n) is 21.1. The average molecular weight is 564 g/mol. The number of benzene rings is 2. The quantitative estimate of drug-likeness (QED) is 0.322. The molecule has 210 valence electrons. The molecule has 5 rings (SSSR count). The second-order valence-electron chi connectivity index (χ2n) is 9.39. The zero-order chi connectivity index (χ0) is 28.8. The third-order valence-electron chi connectivity index (χ3n) is 6.64. The van der Waals surface area contributed by atoms with E-state index < -0.39 is 41.1 Å². The Bertz CT molecular complexity index is 1530. The first-order chi connectivity index (χ1) is 18.8. The van der Waals surface area contributed by atoms with Gasteiger partial charge in [0, 0.05) is 18.7 Å². The van der Waals surface area contributed by atoms with E-state index in [1.165, 1.54) is 17.0 Å². The largest absolute Gasteiger partial charge is 0.436 e. The van der Waals surface area contributed by atoms with Crippen molar-refractivity contribution in [3.8, 4) is 11.4 Å². The van der Waals surface area contributed by atoms with Crippen LogP contribution in [0, 0.1) is 6.92 Å². The topological polar surface area (TPSA) is 105 Å². The van der Waals surface area contributed by atoms with Crippen LogP contribution in [0.25, 0.3) is 11.4 Å². The van der Waals surface area contributed by atoms with Crippen LogP contribution in [0.3, 0.4) is 0 Å². The number of halogens is 6. The monoisotopic (exact) mass is 564 g/mol. The summed E-state index contributed by atoms with van der Waals surface area (Å²) < 4.78 is 81.8. The molecule has 0 saturated carbocycles. The average Bonchev–Trinajstić information content (AvgIpc) is 3.61. The number of hydrogen-bond acceptors (Lipinski definition) is 6. The molecule has 0 fully saturated rings. The van der Waals surface area contributed by atoms with Gasteiger partial charge in [-0.3, -0.25) is 4.79 Å². The number of H-pyrrole nitrogens is 1. The molecule has 0 spiro atoms. The number of aromatic amines is 1. The Morgan fingerprint density at radius 2 is 1.77 bits per heavy atom. The molecule has 40 heavy (non-hydrogen) atoms. The molecule has 1 amide bonds. The highest BCUT2D eigenvalue weighted by Crippen LogP contribution is 2.39. The van der Waals surface area contributed by atoms with Crippen molar-refractivity contribution in [1.29, 1.82) is 0 Å². The number of tetrazole rings is 1. The van der Waals surface area contributed by atoms with E-state index >= 15 is 0 Å². The lowest BCUT2D eigenvalue weighted by molar-refractivity contribution is -0.142. The SMILES string of the molecule is Cc1cc(C(C)NC(=O)c2c(C(F)(F)F)nn3c2N(Cc2ccc(C(F)(F)F)cc2)CC3)ccc1-c1nn[nH]n1. The summed E-state index contributed by atoms with van der Waals surface area (Å²) in [7, 11) is 0. The number of nitrogens with one attached hydrogen (secondary N) is 2. The number of hydrogen-bond donors (Lipinski definition) is 2. The summed E-state index contributed by atoms with van der Waals surface area (Å²) in [6, 6.07) is 8.85. The maximum atomic E-state index is 14.0. The first-order valence-electron chi connectivity index (χ1n) is 12.1. The van der Waals surface area contributed by atoms with Crippen LogP contribution in [-0.2, 0) is 25.4 Å². The first-order valence-corrected chi connectivity index (χ1v) is 12.1. The molecule has 2 aromatic heterocycles. The molecule has 0 bridgehead atoms. The molecule has 15 heteroatoms. The van der Waals surface area contributed by atoms with E-state index in [0.717, 1.165) is 22.4 Å². The van der Waals surface area contributed by atoms with Crippen LogP contribution in [-0.4, -0.2) is 42.9 Å². The fourth-order valence-corrected chi connectivity index (χ4v) is 4.67. The summed E-state index contributed by atoms with van der Waals surface area (Å²) in [5, 5.41) is 20.1. The molecular weight excluding hydrogens is 542 g/mol. The number of anilines is 1. The predicted octanol–water partition coefficient (Wildman–Crippen LogP) is 4.92. The third kappa shape index (κ3) is 5.22. The first kappa shape index (κ1) is 27.1. The maximum Gasteiger partial charge on any atom is 0.436 e. The van der Waals surface area contributed by atoms with Crippen LogP contribution in [0.5, 0.6) is 0 Å². The van der Waals surface area contributed by atoms with Crippen LogP contribution in [0.15, 0.2) is 42.5 Å². The third-order valence-corrected chi connectivity index (χ3v) is 6.64. The number of aromatic nitrogens is 6. The lowest BCUT2D eigenvalue weighted by Gasteiger charge is -2.21. The van der Waals surface area contributed by atoms with Gasteiger partial charge in [0.15, 0.2) is 5.69 Å². The highest BCUT2D eigenvalue weighted by Gasteiger charge is 2.44. The second-order valence-corrected chi connectivity index (χ2v) is 9.39. The minimum absolute atomic E-state index is 0.00625. The standard InChI is InChI=1S/C25H22F6N8O/c1-13-11-16(5-8-18(13)21-33-36-37-34-21)14(2)32-22(40)19-20(25(29,30)31)35-39-10-9-38(23(19)39)12-15-3-6-17(7-4-15)24(26,27)28/h3-8,11,14H,9-10,12H2,1-2H3,(H,32,40)(H,33,34,36,37). The van der Waals surface area contributed by atoms with Crippen LogP contribution in [0.2, 0.25) is 0 Å². The highest BCUT2D eigenvalue weighted by molar-refractivity contribution is 6.01. The lowest BCUT2D eigenvalue weighted by Crippen LogP contribution is -2.31. The smallest absolute Gasteiger partial charge is 0.350 e. The Labute approximate surface area is 223 Å². The maximum absolute atomic E-state index is 14.0. The van der Waals surface area contributed by atoms with Crippen molar-refractivity contribution in [3.05, 3.63) is 76.0 Å². The van der Waals surface area contributed by atoms with Crippen LogP contribution in [0.1, 0.15) is 51.3 Å². The number of carbonyl (C=O) groups is 1. The van der Waals surface area contributed by atoms with E-state index in [-0.39, 0.29) is 25.5 Å². The zero-order valence-corrected chi connectivity index (χ0v) is 21.1. The van der Waals surface area contributed by atoms with Crippen molar-refractivity contribution in [1.82, 2.24) is 35.7 Å². The summed E-state index contributed by atoms with van der Waals surface area (Å²) in [4.78, 5) is 14.9. The Balaban J connectivity index is 1.41. The molecule has 1 aliphatic heterocycles. The fourth-order valence-electron chi connectivity index (χ4n) is 4.67. The summed E-state index contributed by atoms with van der Waals surface area (Å²) in [6.07, 6.45) is -9.42. The van der Waals surface area contributed by atoms with Gasteiger partial charge in [-0.2, -0.15) is 36.7 Å². The molecule has 2 N–H and O–H groups in total. The van der Waals surface area contributed by atoms with E-state index in [4.69, 9.17) is 0 Å². The van der Waals surface area contributed by atoms with Gasteiger partial charge in [-0.15, -0.1) is 10.2 Å². The molecule has 1 aliphatic rings. The van der Waals surface area contributed by atoms with Crippen molar-refractivity contribution >= 4 is 11.7 Å². The van der Waals surface area contributed by atoms with E-state index in [1.807, 2.05) is 0 Å². The Morgan fingerprint density at radius 1 is 1.05 bits per heavy atom.